The molecule has 0 saturated heterocycles. The summed E-state index contributed by atoms with van der Waals surface area (Å²) in [4.78, 5) is 24.4. The largest absolute Gasteiger partial charge is 0.485 e. The highest BCUT2D eigenvalue weighted by molar-refractivity contribution is 7.99. The predicted molar refractivity (Wildman–Crippen MR) is 140 cm³/mol. The van der Waals surface area contributed by atoms with E-state index >= 15 is 0 Å². The highest BCUT2D eigenvalue weighted by Gasteiger charge is 2.20. The van der Waals surface area contributed by atoms with Crippen LogP contribution in [-0.2, 0) is 24.4 Å². The average Bonchev–Trinajstić information content (AvgIpc) is 3.48. The zero-order chi connectivity index (χ0) is 24.9. The van der Waals surface area contributed by atoms with Crippen LogP contribution in [0.4, 0.5) is 5.69 Å². The summed E-state index contributed by atoms with van der Waals surface area (Å²) in [5.41, 5.74) is 4.27. The molecule has 1 aromatic heterocycles. The lowest BCUT2D eigenvalue weighted by Gasteiger charge is -2.12. The molecule has 0 bridgehead atoms. The average molecular weight is 497 g/mol. The predicted octanol–water partition coefficient (Wildman–Crippen LogP) is 5.18. The highest BCUT2D eigenvalue weighted by atomic mass is 32.2. The van der Waals surface area contributed by atoms with Crippen molar-refractivity contribution in [2.75, 3.05) is 11.1 Å². The number of anilines is 1. The number of hydrogen-bond acceptors (Lipinski definition) is 6. The van der Waals surface area contributed by atoms with Crippen molar-refractivity contribution in [2.24, 2.45) is 0 Å². The standard InChI is InChI=1S/C28H24N4O3S/c1-2-14-32-26(17-35-25-11-7-6-10-22(25)19-8-4-3-5-9-19)30-31-28(32)36-18-24(33)20-12-13-23-21(15-20)16-27(34)29-23/h2-13,15H,1,14,16-18H2,(H,29,34). The van der Waals surface area contributed by atoms with Crippen LogP contribution in [0.5, 0.6) is 5.75 Å². The Morgan fingerprint density at radius 2 is 1.89 bits per heavy atom. The Balaban J connectivity index is 1.28. The molecule has 7 nitrogen and oxygen atoms in total. The third-order valence-corrected chi connectivity index (χ3v) is 6.79. The Kier molecular flexibility index (Phi) is 6.95. The Morgan fingerprint density at radius 1 is 1.08 bits per heavy atom. The fourth-order valence-corrected chi connectivity index (χ4v) is 4.91. The number of ether oxygens (including phenoxy) is 1. The van der Waals surface area contributed by atoms with Gasteiger partial charge in [-0.05, 0) is 35.4 Å². The first-order chi connectivity index (χ1) is 17.6. The molecular formula is C28H24N4O3S. The van der Waals surface area contributed by atoms with Crippen LogP contribution in [0.25, 0.3) is 11.1 Å². The van der Waals surface area contributed by atoms with E-state index in [-0.39, 0.29) is 24.1 Å². The van der Waals surface area contributed by atoms with Crippen molar-refractivity contribution in [3.8, 4) is 16.9 Å². The van der Waals surface area contributed by atoms with Crippen LogP contribution in [0.2, 0.25) is 0 Å². The van der Waals surface area contributed by atoms with Crippen LogP contribution in [0.3, 0.4) is 0 Å². The summed E-state index contributed by atoms with van der Waals surface area (Å²) in [5.74, 6) is 1.51. The smallest absolute Gasteiger partial charge is 0.228 e. The van der Waals surface area contributed by atoms with Crippen LogP contribution >= 0.6 is 11.8 Å². The normalized spacial score (nSPS) is 12.2. The monoisotopic (exact) mass is 496 g/mol. The van der Waals surface area contributed by atoms with Crippen LogP contribution < -0.4 is 10.1 Å². The molecule has 8 heteroatoms. The number of amides is 1. The van der Waals surface area contributed by atoms with Gasteiger partial charge >= 0.3 is 0 Å². The van der Waals surface area contributed by atoms with Gasteiger partial charge in [-0.3, -0.25) is 14.2 Å². The Bertz CT molecular complexity index is 1430. The number of thioether (sulfide) groups is 1. The second-order valence-corrected chi connectivity index (χ2v) is 9.20. The van der Waals surface area contributed by atoms with Crippen molar-refractivity contribution in [2.45, 2.75) is 24.7 Å². The van der Waals surface area contributed by atoms with Gasteiger partial charge in [-0.15, -0.1) is 16.8 Å². The number of carbonyl (C=O) groups is 2. The molecule has 0 aliphatic carbocycles. The minimum Gasteiger partial charge on any atom is -0.485 e. The molecule has 0 spiro atoms. The number of benzene rings is 3. The number of Topliss-reactive ketones (excluding diaryl/α,β-unsaturated/α-hetero) is 1. The van der Waals surface area contributed by atoms with E-state index < -0.39 is 0 Å². The SMILES string of the molecule is C=CCn1c(COc2ccccc2-c2ccccc2)nnc1SCC(=O)c1ccc2c(c1)CC(=O)N2. The maximum absolute atomic E-state index is 12.8. The molecule has 5 rings (SSSR count). The molecule has 36 heavy (non-hydrogen) atoms. The molecule has 0 atom stereocenters. The van der Waals surface area contributed by atoms with Gasteiger partial charge in [0.1, 0.15) is 12.4 Å². The van der Waals surface area contributed by atoms with Crippen LogP contribution in [-0.4, -0.2) is 32.2 Å². The first-order valence-corrected chi connectivity index (χ1v) is 12.5. The zero-order valence-corrected chi connectivity index (χ0v) is 20.3. The molecule has 4 aromatic rings. The van der Waals surface area contributed by atoms with Gasteiger partial charge in [-0.2, -0.15) is 0 Å². The first-order valence-electron chi connectivity index (χ1n) is 11.5. The molecule has 0 fully saturated rings. The van der Waals surface area contributed by atoms with Crippen molar-refractivity contribution in [1.29, 1.82) is 0 Å². The third-order valence-electron chi connectivity index (χ3n) is 5.82. The van der Waals surface area contributed by atoms with Crippen LogP contribution in [0.1, 0.15) is 21.7 Å². The van der Waals surface area contributed by atoms with Crippen molar-refractivity contribution in [3.63, 3.8) is 0 Å². The van der Waals surface area contributed by atoms with Crippen molar-refractivity contribution >= 4 is 29.1 Å². The highest BCUT2D eigenvalue weighted by Crippen LogP contribution is 2.30. The summed E-state index contributed by atoms with van der Waals surface area (Å²) in [6.07, 6.45) is 2.06. The van der Waals surface area contributed by atoms with Crippen LogP contribution in [0.15, 0.2) is 90.6 Å². The molecule has 2 heterocycles. The lowest BCUT2D eigenvalue weighted by atomic mass is 10.1. The number of fused-ring (bicyclic) bond motifs is 1. The number of nitrogens with zero attached hydrogens (tertiary/aromatic N) is 3. The number of aromatic nitrogens is 3. The minimum absolute atomic E-state index is 0.0371. The summed E-state index contributed by atoms with van der Waals surface area (Å²) in [7, 11) is 0. The summed E-state index contributed by atoms with van der Waals surface area (Å²) >= 11 is 1.32. The van der Waals surface area contributed by atoms with Gasteiger partial charge in [0.15, 0.2) is 16.8 Å². The van der Waals surface area contributed by atoms with E-state index in [0.717, 1.165) is 28.1 Å². The number of ketones is 1. The second-order valence-electron chi connectivity index (χ2n) is 8.26. The molecule has 1 aliphatic heterocycles. The molecule has 1 aliphatic rings. The van der Waals surface area contributed by atoms with E-state index in [1.54, 1.807) is 24.3 Å². The van der Waals surface area contributed by atoms with Gasteiger partial charge in [0.05, 0.1) is 12.2 Å². The number of allylic oxidation sites excluding steroid dienone is 1. The van der Waals surface area contributed by atoms with Gasteiger partial charge in [0.25, 0.3) is 0 Å². The van der Waals surface area contributed by atoms with Gasteiger partial charge < -0.3 is 10.1 Å². The molecule has 1 amide bonds. The number of rotatable bonds is 10. The second kappa shape index (κ2) is 10.6. The lowest BCUT2D eigenvalue weighted by Crippen LogP contribution is -2.09. The van der Waals surface area contributed by atoms with E-state index in [4.69, 9.17) is 4.74 Å². The quantitative estimate of drug-likeness (QED) is 0.185. The minimum atomic E-state index is -0.0531. The van der Waals surface area contributed by atoms with Crippen molar-refractivity contribution in [1.82, 2.24) is 14.8 Å². The number of nitrogens with one attached hydrogen (secondary N) is 1. The van der Waals surface area contributed by atoms with Gasteiger partial charge in [-0.1, -0.05) is 66.4 Å². The lowest BCUT2D eigenvalue weighted by molar-refractivity contribution is -0.115. The zero-order valence-electron chi connectivity index (χ0n) is 19.5. The number of hydrogen-bond donors (Lipinski definition) is 1. The maximum Gasteiger partial charge on any atom is 0.228 e. The Labute approximate surface area is 213 Å². The van der Waals surface area contributed by atoms with E-state index in [1.165, 1.54) is 11.8 Å². The topological polar surface area (TPSA) is 86.1 Å². The summed E-state index contributed by atoms with van der Waals surface area (Å²) < 4.78 is 8.06. The molecule has 180 valence electrons. The third kappa shape index (κ3) is 5.08. The van der Waals surface area contributed by atoms with E-state index in [0.29, 0.717) is 29.5 Å². The number of para-hydroxylation sites is 1. The molecule has 1 N–H and O–H groups in total. The van der Waals surface area contributed by atoms with Crippen molar-refractivity contribution < 1.29 is 14.3 Å². The van der Waals surface area contributed by atoms with Gasteiger partial charge in [-0.25, -0.2) is 0 Å². The Hall–Kier alpha value is -4.17. The summed E-state index contributed by atoms with van der Waals surface area (Å²) in [6.45, 7) is 4.57. The summed E-state index contributed by atoms with van der Waals surface area (Å²) in [6, 6.07) is 23.3. The summed E-state index contributed by atoms with van der Waals surface area (Å²) in [5, 5.41) is 12.0. The van der Waals surface area contributed by atoms with E-state index in [9.17, 15) is 9.59 Å². The fourth-order valence-electron chi connectivity index (χ4n) is 4.05. The molecule has 3 aromatic carbocycles. The molecule has 0 saturated carbocycles. The maximum atomic E-state index is 12.8. The van der Waals surface area contributed by atoms with Crippen molar-refractivity contribution in [3.05, 3.63) is 102 Å². The molecule has 0 radical (unpaired) electrons. The fraction of sp³-hybridized carbons (Fsp3) is 0.143. The van der Waals surface area contributed by atoms with E-state index in [1.807, 2.05) is 59.2 Å². The molecular weight excluding hydrogens is 472 g/mol. The van der Waals surface area contributed by atoms with E-state index in [2.05, 4.69) is 22.1 Å². The van der Waals surface area contributed by atoms with Gasteiger partial charge in [0, 0.05) is 23.4 Å². The van der Waals surface area contributed by atoms with Gasteiger partial charge in [0.2, 0.25) is 5.91 Å². The Morgan fingerprint density at radius 3 is 2.72 bits per heavy atom. The first kappa shape index (κ1) is 23.6. The van der Waals surface area contributed by atoms with Crippen LogP contribution in [0, 0.1) is 0 Å². The number of carbonyl (C=O) groups excluding carboxylic acids is 2. The molecule has 0 unspecified atom stereocenters.